The Morgan fingerprint density at radius 1 is 1.19 bits per heavy atom. The molecule has 0 saturated heterocycles. The zero-order valence-electron chi connectivity index (χ0n) is 12.7. The van der Waals surface area contributed by atoms with Crippen molar-refractivity contribution in [3.8, 4) is 0 Å². The Hall–Kier alpha value is -1.74. The van der Waals surface area contributed by atoms with Crippen LogP contribution in [0.15, 0.2) is 48.9 Å². The fourth-order valence-corrected chi connectivity index (χ4v) is 3.01. The molecule has 0 N–H and O–H groups in total. The minimum atomic E-state index is 0.486. The van der Waals surface area contributed by atoms with E-state index in [-0.39, 0.29) is 0 Å². The zero-order valence-corrected chi connectivity index (χ0v) is 12.7. The van der Waals surface area contributed by atoms with Crippen molar-refractivity contribution in [2.75, 3.05) is 13.6 Å². The molecule has 1 saturated carbocycles. The van der Waals surface area contributed by atoms with Gasteiger partial charge in [-0.2, -0.15) is 0 Å². The van der Waals surface area contributed by atoms with Gasteiger partial charge in [0, 0.05) is 18.6 Å². The van der Waals surface area contributed by atoms with Gasteiger partial charge in [0.15, 0.2) is 0 Å². The van der Waals surface area contributed by atoms with E-state index in [2.05, 4.69) is 40.1 Å². The van der Waals surface area contributed by atoms with Gasteiger partial charge in [0.2, 0.25) is 0 Å². The van der Waals surface area contributed by atoms with E-state index in [0.29, 0.717) is 6.04 Å². The van der Waals surface area contributed by atoms with E-state index in [1.165, 1.54) is 24.1 Å². The monoisotopic (exact) mass is 281 g/mol. The molecule has 21 heavy (non-hydrogen) atoms. The highest BCUT2D eigenvalue weighted by Crippen LogP contribution is 2.43. The average Bonchev–Trinajstić information content (AvgIpc) is 3.34. The topological polar surface area (TPSA) is 29.0 Å². The molecule has 1 unspecified atom stereocenters. The molecule has 110 valence electrons. The first kappa shape index (κ1) is 14.2. The lowest BCUT2D eigenvalue weighted by Crippen LogP contribution is -2.28. The molecule has 1 fully saturated rings. The second kappa shape index (κ2) is 6.81. The zero-order chi connectivity index (χ0) is 14.5. The Kier molecular flexibility index (Phi) is 4.61. The first-order chi connectivity index (χ1) is 10.3. The summed E-state index contributed by atoms with van der Waals surface area (Å²) in [6, 6.07) is 10.9. The van der Waals surface area contributed by atoms with Gasteiger partial charge in [-0.05, 0) is 69.0 Å². The van der Waals surface area contributed by atoms with Crippen molar-refractivity contribution in [2.45, 2.75) is 31.7 Å². The molecular weight excluding hydrogens is 258 g/mol. The van der Waals surface area contributed by atoms with Crippen molar-refractivity contribution in [3.63, 3.8) is 0 Å². The van der Waals surface area contributed by atoms with E-state index in [4.69, 9.17) is 0 Å². The average molecular weight is 281 g/mol. The van der Waals surface area contributed by atoms with Crippen LogP contribution in [0, 0.1) is 5.92 Å². The summed E-state index contributed by atoms with van der Waals surface area (Å²) in [4.78, 5) is 11.2. The van der Waals surface area contributed by atoms with Crippen LogP contribution in [-0.2, 0) is 6.42 Å². The van der Waals surface area contributed by atoms with Crippen LogP contribution in [-0.4, -0.2) is 28.5 Å². The predicted octanol–water partition coefficient (Wildman–Crippen LogP) is 3.49. The van der Waals surface area contributed by atoms with Crippen LogP contribution in [0.3, 0.4) is 0 Å². The summed E-state index contributed by atoms with van der Waals surface area (Å²) >= 11 is 0. The molecule has 0 aromatic carbocycles. The molecule has 2 aromatic heterocycles. The van der Waals surface area contributed by atoms with Gasteiger partial charge in [-0.1, -0.05) is 12.1 Å². The van der Waals surface area contributed by atoms with E-state index in [9.17, 15) is 0 Å². The predicted molar refractivity (Wildman–Crippen MR) is 84.9 cm³/mol. The third-order valence-corrected chi connectivity index (χ3v) is 4.23. The number of rotatable bonds is 7. The summed E-state index contributed by atoms with van der Waals surface area (Å²) in [5.74, 6) is 0.795. The van der Waals surface area contributed by atoms with Crippen molar-refractivity contribution >= 4 is 0 Å². The number of aryl methyl sites for hydroxylation is 1. The fraction of sp³-hybridized carbons (Fsp3) is 0.444. The first-order valence-electron chi connectivity index (χ1n) is 7.84. The molecule has 2 heterocycles. The lowest BCUT2D eigenvalue weighted by atomic mass is 10.1. The van der Waals surface area contributed by atoms with Crippen molar-refractivity contribution in [1.29, 1.82) is 0 Å². The molecular formula is C18H23N3. The maximum atomic E-state index is 4.58. The number of nitrogens with zero attached hydrogens (tertiary/aromatic N) is 3. The molecule has 1 atom stereocenters. The van der Waals surface area contributed by atoms with Gasteiger partial charge in [-0.25, -0.2) is 0 Å². The summed E-state index contributed by atoms with van der Waals surface area (Å²) in [5, 5.41) is 0. The standard InChI is InChI=1S/C18H23N3/c1-21(13-5-7-15-6-4-11-19-14-15)18(16-9-10-16)17-8-2-3-12-20-17/h2-4,6,8,11-12,14,16,18H,5,7,9-10,13H2,1H3. The number of hydrogen-bond donors (Lipinski definition) is 0. The molecule has 0 aliphatic heterocycles. The van der Waals surface area contributed by atoms with Crippen LogP contribution in [0.2, 0.25) is 0 Å². The maximum absolute atomic E-state index is 4.58. The van der Waals surface area contributed by atoms with Crippen LogP contribution in [0.4, 0.5) is 0 Å². The van der Waals surface area contributed by atoms with Crippen molar-refractivity contribution in [2.24, 2.45) is 5.92 Å². The summed E-state index contributed by atoms with van der Waals surface area (Å²) in [7, 11) is 2.24. The van der Waals surface area contributed by atoms with E-state index in [1.807, 2.05) is 30.7 Å². The van der Waals surface area contributed by atoms with E-state index < -0.39 is 0 Å². The molecule has 3 heteroatoms. The van der Waals surface area contributed by atoms with Gasteiger partial charge < -0.3 is 0 Å². The van der Waals surface area contributed by atoms with Gasteiger partial charge in [-0.3, -0.25) is 14.9 Å². The number of hydrogen-bond acceptors (Lipinski definition) is 3. The molecule has 0 radical (unpaired) electrons. The number of pyridine rings is 2. The van der Waals surface area contributed by atoms with Crippen LogP contribution in [0.1, 0.15) is 36.6 Å². The van der Waals surface area contributed by atoms with Gasteiger partial charge in [0.25, 0.3) is 0 Å². The third kappa shape index (κ3) is 3.88. The van der Waals surface area contributed by atoms with Crippen molar-refractivity contribution < 1.29 is 0 Å². The first-order valence-corrected chi connectivity index (χ1v) is 7.84. The minimum absolute atomic E-state index is 0.486. The highest BCUT2D eigenvalue weighted by Gasteiger charge is 2.35. The smallest absolute Gasteiger partial charge is 0.0578 e. The van der Waals surface area contributed by atoms with Gasteiger partial charge >= 0.3 is 0 Å². The van der Waals surface area contributed by atoms with E-state index >= 15 is 0 Å². The highest BCUT2D eigenvalue weighted by molar-refractivity contribution is 5.12. The van der Waals surface area contributed by atoms with Gasteiger partial charge in [-0.15, -0.1) is 0 Å². The third-order valence-electron chi connectivity index (χ3n) is 4.23. The van der Waals surface area contributed by atoms with Crippen LogP contribution < -0.4 is 0 Å². The van der Waals surface area contributed by atoms with E-state index in [0.717, 1.165) is 25.3 Å². The Bertz CT molecular complexity index is 537. The summed E-state index contributed by atoms with van der Waals surface area (Å²) in [6.45, 7) is 1.10. The summed E-state index contributed by atoms with van der Waals surface area (Å²) in [5.41, 5.74) is 2.55. The van der Waals surface area contributed by atoms with Gasteiger partial charge in [0.05, 0.1) is 11.7 Å². The second-order valence-electron chi connectivity index (χ2n) is 5.98. The Morgan fingerprint density at radius 3 is 2.76 bits per heavy atom. The van der Waals surface area contributed by atoms with Crippen molar-refractivity contribution in [3.05, 3.63) is 60.2 Å². The van der Waals surface area contributed by atoms with Crippen LogP contribution in [0.25, 0.3) is 0 Å². The highest BCUT2D eigenvalue weighted by atomic mass is 15.1. The van der Waals surface area contributed by atoms with Crippen LogP contribution >= 0.6 is 0 Å². The normalized spacial score (nSPS) is 16.1. The molecule has 3 nitrogen and oxygen atoms in total. The van der Waals surface area contributed by atoms with Crippen molar-refractivity contribution in [1.82, 2.24) is 14.9 Å². The second-order valence-corrected chi connectivity index (χ2v) is 5.98. The minimum Gasteiger partial charge on any atom is -0.298 e. The van der Waals surface area contributed by atoms with Gasteiger partial charge in [0.1, 0.15) is 0 Å². The molecule has 3 rings (SSSR count). The van der Waals surface area contributed by atoms with Crippen LogP contribution in [0.5, 0.6) is 0 Å². The Balaban J connectivity index is 1.56. The maximum Gasteiger partial charge on any atom is 0.0578 e. The van der Waals surface area contributed by atoms with E-state index in [1.54, 1.807) is 0 Å². The molecule has 1 aliphatic carbocycles. The lowest BCUT2D eigenvalue weighted by Gasteiger charge is -2.27. The summed E-state index contributed by atoms with van der Waals surface area (Å²) in [6.07, 6.45) is 10.7. The summed E-state index contributed by atoms with van der Waals surface area (Å²) < 4.78 is 0. The SMILES string of the molecule is CN(CCCc1cccnc1)C(c1ccccn1)C1CC1. The number of aromatic nitrogens is 2. The quantitative estimate of drug-likeness (QED) is 0.778. The molecule has 1 aliphatic rings. The largest absolute Gasteiger partial charge is 0.298 e. The Morgan fingerprint density at radius 2 is 2.10 bits per heavy atom. The molecule has 0 spiro atoms. The fourth-order valence-electron chi connectivity index (χ4n) is 3.01. The molecule has 2 aromatic rings. The Labute approximate surface area is 127 Å². The molecule has 0 bridgehead atoms. The molecule has 0 amide bonds. The lowest BCUT2D eigenvalue weighted by molar-refractivity contribution is 0.214.